The Morgan fingerprint density at radius 2 is 1.70 bits per heavy atom. The molecule has 0 amide bonds. The summed E-state index contributed by atoms with van der Waals surface area (Å²) in [5.41, 5.74) is 2.40. The molecule has 1 atom stereocenters. The molecule has 0 spiro atoms. The molecule has 0 saturated heterocycles. The van der Waals surface area contributed by atoms with Crippen LogP contribution in [-0.2, 0) is 9.53 Å². The van der Waals surface area contributed by atoms with E-state index in [9.17, 15) is 9.59 Å². The molecule has 0 aliphatic carbocycles. The van der Waals surface area contributed by atoms with Crippen molar-refractivity contribution in [1.82, 2.24) is 4.98 Å². The molecule has 0 unspecified atom stereocenters. The van der Waals surface area contributed by atoms with Gasteiger partial charge in [-0.15, -0.1) is 0 Å². The molecule has 3 rings (SSSR count). The zero-order valence-electron chi connectivity index (χ0n) is 15.7. The fourth-order valence-corrected chi connectivity index (χ4v) is 3.00. The molecule has 0 saturated carbocycles. The van der Waals surface area contributed by atoms with E-state index in [1.165, 1.54) is 0 Å². The Bertz CT molecular complexity index is 958. The Hall–Kier alpha value is -3.08. The minimum atomic E-state index is -0.888. The lowest BCUT2D eigenvalue weighted by atomic mass is 10.0. The summed E-state index contributed by atoms with van der Waals surface area (Å²) in [6.45, 7) is 5.45. The molecule has 3 aromatic rings. The molecule has 0 radical (unpaired) electrons. The van der Waals surface area contributed by atoms with Crippen LogP contribution in [0.5, 0.6) is 5.75 Å². The number of ketones is 1. The first kappa shape index (κ1) is 18.7. The Labute approximate surface area is 158 Å². The second-order valence-electron chi connectivity index (χ2n) is 6.73. The molecule has 1 heterocycles. The fraction of sp³-hybridized carbons (Fsp3) is 0.273. The van der Waals surface area contributed by atoms with Crippen molar-refractivity contribution >= 4 is 22.7 Å². The summed E-state index contributed by atoms with van der Waals surface area (Å²) in [6, 6.07) is 15.1. The van der Waals surface area contributed by atoms with E-state index in [0.717, 1.165) is 16.5 Å². The number of hydrogen-bond acceptors (Lipinski definition) is 4. The molecular formula is C22H23NO4. The number of ether oxygens (including phenoxy) is 2. The number of aromatic amines is 1. The minimum absolute atomic E-state index is 0.241. The van der Waals surface area contributed by atoms with Crippen LogP contribution in [0.15, 0.2) is 54.7 Å². The van der Waals surface area contributed by atoms with Gasteiger partial charge in [-0.2, -0.15) is 0 Å². The third-order valence-corrected chi connectivity index (χ3v) is 4.42. The highest BCUT2D eigenvalue weighted by atomic mass is 16.6. The zero-order chi connectivity index (χ0) is 19.4. The van der Waals surface area contributed by atoms with Crippen LogP contribution in [-0.4, -0.2) is 29.4 Å². The second kappa shape index (κ2) is 8.08. The molecular weight excluding hydrogens is 342 g/mol. The average Bonchev–Trinajstić information content (AvgIpc) is 3.10. The minimum Gasteiger partial charge on any atom is -0.482 e. The van der Waals surface area contributed by atoms with E-state index in [-0.39, 0.29) is 18.3 Å². The fourth-order valence-electron chi connectivity index (χ4n) is 3.00. The summed E-state index contributed by atoms with van der Waals surface area (Å²) in [5.74, 6) is 0.109. The number of carbonyl (C=O) groups excluding carboxylic acids is 2. The van der Waals surface area contributed by atoms with Crippen LogP contribution < -0.4 is 4.74 Å². The van der Waals surface area contributed by atoms with Gasteiger partial charge in [0.1, 0.15) is 5.75 Å². The van der Waals surface area contributed by atoms with Crippen molar-refractivity contribution in [3.05, 3.63) is 65.9 Å². The predicted molar refractivity (Wildman–Crippen MR) is 104 cm³/mol. The van der Waals surface area contributed by atoms with E-state index in [1.807, 2.05) is 48.5 Å². The van der Waals surface area contributed by atoms with Crippen LogP contribution in [0.25, 0.3) is 10.9 Å². The van der Waals surface area contributed by atoms with E-state index in [1.54, 1.807) is 13.1 Å². The van der Waals surface area contributed by atoms with Gasteiger partial charge in [0.2, 0.25) is 5.78 Å². The molecule has 140 valence electrons. The lowest BCUT2D eigenvalue weighted by Gasteiger charge is -2.15. The van der Waals surface area contributed by atoms with Gasteiger partial charge in [-0.05, 0) is 30.5 Å². The number of aromatic nitrogens is 1. The number of carbonyl (C=O) groups is 2. The largest absolute Gasteiger partial charge is 0.482 e. The number of nitrogens with one attached hydrogen (secondary N) is 1. The topological polar surface area (TPSA) is 68.4 Å². The number of para-hydroxylation sites is 2. The maximum Gasteiger partial charge on any atom is 0.344 e. The van der Waals surface area contributed by atoms with Crippen LogP contribution in [0.1, 0.15) is 42.6 Å². The molecule has 27 heavy (non-hydrogen) atoms. The monoisotopic (exact) mass is 365 g/mol. The van der Waals surface area contributed by atoms with E-state index >= 15 is 0 Å². The first-order chi connectivity index (χ1) is 13.0. The van der Waals surface area contributed by atoms with E-state index < -0.39 is 12.1 Å². The van der Waals surface area contributed by atoms with E-state index in [0.29, 0.717) is 11.3 Å². The number of hydrogen-bond donors (Lipinski definition) is 1. The lowest BCUT2D eigenvalue weighted by molar-refractivity contribution is -0.148. The van der Waals surface area contributed by atoms with Crippen molar-refractivity contribution < 1.29 is 19.1 Å². The maximum absolute atomic E-state index is 12.6. The smallest absolute Gasteiger partial charge is 0.344 e. The van der Waals surface area contributed by atoms with Crippen molar-refractivity contribution in [2.24, 2.45) is 0 Å². The molecule has 5 heteroatoms. The van der Waals surface area contributed by atoms with Crippen molar-refractivity contribution in [3.63, 3.8) is 0 Å². The highest BCUT2D eigenvalue weighted by Crippen LogP contribution is 2.26. The van der Waals surface area contributed by atoms with Gasteiger partial charge in [0.25, 0.3) is 0 Å². The second-order valence-corrected chi connectivity index (χ2v) is 6.73. The molecule has 0 fully saturated rings. The average molecular weight is 365 g/mol. The standard InChI is InChI=1S/C22H23NO4/c1-14(2)16-8-5-7-11-20(16)26-13-21(24)27-15(3)22(25)18-12-23-19-10-6-4-9-17(18)19/h4-12,14-15,23H,13H2,1-3H3/t15-/m0/s1. The third kappa shape index (κ3) is 4.19. The van der Waals surface area contributed by atoms with Gasteiger partial charge in [0.15, 0.2) is 12.7 Å². The number of rotatable bonds is 7. The molecule has 2 aromatic carbocycles. The highest BCUT2D eigenvalue weighted by molar-refractivity contribution is 6.10. The Balaban J connectivity index is 1.62. The summed E-state index contributed by atoms with van der Waals surface area (Å²) in [4.78, 5) is 27.8. The highest BCUT2D eigenvalue weighted by Gasteiger charge is 2.22. The number of fused-ring (bicyclic) bond motifs is 1. The maximum atomic E-state index is 12.6. The normalized spacial score (nSPS) is 12.1. The quantitative estimate of drug-likeness (QED) is 0.495. The molecule has 1 N–H and O–H groups in total. The summed E-state index contributed by atoms with van der Waals surface area (Å²) < 4.78 is 10.9. The van der Waals surface area contributed by atoms with Gasteiger partial charge in [0, 0.05) is 22.7 Å². The Morgan fingerprint density at radius 3 is 2.48 bits per heavy atom. The van der Waals surface area contributed by atoms with Crippen LogP contribution in [0, 0.1) is 0 Å². The molecule has 1 aromatic heterocycles. The third-order valence-electron chi connectivity index (χ3n) is 4.42. The molecule has 0 aliphatic heterocycles. The Kier molecular flexibility index (Phi) is 5.60. The number of H-pyrrole nitrogens is 1. The van der Waals surface area contributed by atoms with Crippen molar-refractivity contribution in [2.45, 2.75) is 32.8 Å². The first-order valence-electron chi connectivity index (χ1n) is 8.99. The number of esters is 1. The van der Waals surface area contributed by atoms with Crippen molar-refractivity contribution in [1.29, 1.82) is 0 Å². The number of Topliss-reactive ketones (excluding diaryl/α,β-unsaturated/α-hetero) is 1. The van der Waals surface area contributed by atoms with Gasteiger partial charge in [-0.1, -0.05) is 50.2 Å². The molecule has 5 nitrogen and oxygen atoms in total. The zero-order valence-corrected chi connectivity index (χ0v) is 15.7. The van der Waals surface area contributed by atoms with Crippen LogP contribution in [0.2, 0.25) is 0 Å². The van der Waals surface area contributed by atoms with Crippen LogP contribution in [0.3, 0.4) is 0 Å². The van der Waals surface area contributed by atoms with Crippen molar-refractivity contribution in [2.75, 3.05) is 6.61 Å². The van der Waals surface area contributed by atoms with Crippen LogP contribution in [0.4, 0.5) is 0 Å². The summed E-state index contributed by atoms with van der Waals surface area (Å²) in [6.07, 6.45) is 0.757. The van der Waals surface area contributed by atoms with Gasteiger partial charge >= 0.3 is 5.97 Å². The Morgan fingerprint density at radius 1 is 1.00 bits per heavy atom. The van der Waals surface area contributed by atoms with Gasteiger partial charge in [0.05, 0.1) is 0 Å². The van der Waals surface area contributed by atoms with E-state index in [2.05, 4.69) is 18.8 Å². The van der Waals surface area contributed by atoms with Crippen LogP contribution >= 0.6 is 0 Å². The first-order valence-corrected chi connectivity index (χ1v) is 8.99. The summed E-state index contributed by atoms with van der Waals surface area (Å²) >= 11 is 0. The molecule has 0 bridgehead atoms. The summed E-state index contributed by atoms with van der Waals surface area (Å²) in [5, 5.41) is 0.813. The van der Waals surface area contributed by atoms with E-state index in [4.69, 9.17) is 9.47 Å². The van der Waals surface area contributed by atoms with Gasteiger partial charge in [-0.3, -0.25) is 4.79 Å². The molecule has 0 aliphatic rings. The predicted octanol–water partition coefficient (Wildman–Crippen LogP) is 4.48. The van der Waals surface area contributed by atoms with Gasteiger partial charge in [-0.25, -0.2) is 4.79 Å². The SMILES string of the molecule is CC(C)c1ccccc1OCC(=O)O[C@@H](C)C(=O)c1c[nH]c2ccccc12. The summed E-state index contributed by atoms with van der Waals surface area (Å²) in [7, 11) is 0. The lowest BCUT2D eigenvalue weighted by Crippen LogP contribution is -2.27. The van der Waals surface area contributed by atoms with Crippen molar-refractivity contribution in [3.8, 4) is 5.75 Å². The number of benzene rings is 2. The van der Waals surface area contributed by atoms with Gasteiger partial charge < -0.3 is 14.5 Å².